The van der Waals surface area contributed by atoms with Crippen LogP contribution >= 0.6 is 0 Å². The maximum Gasteiger partial charge on any atom is 0.289 e. The molecule has 0 radical (unpaired) electrons. The van der Waals surface area contributed by atoms with E-state index in [0.29, 0.717) is 17.7 Å². The van der Waals surface area contributed by atoms with Crippen LogP contribution in [-0.4, -0.2) is 49.2 Å². The van der Waals surface area contributed by atoms with Crippen LogP contribution in [0.15, 0.2) is 15.4 Å². The van der Waals surface area contributed by atoms with Crippen molar-refractivity contribution in [2.45, 2.75) is 83.6 Å². The zero-order valence-corrected chi connectivity index (χ0v) is 20.0. The number of furan rings is 1. The Kier molecular flexibility index (Phi) is 6.19. The lowest BCUT2D eigenvalue weighted by molar-refractivity contribution is 0.0693. The summed E-state index contributed by atoms with van der Waals surface area (Å²) in [5.74, 6) is 0.153. The van der Waals surface area contributed by atoms with E-state index in [2.05, 4.69) is 0 Å². The minimum absolute atomic E-state index is 0.0132. The molecular formula is C24H34N2O4S. The van der Waals surface area contributed by atoms with E-state index in [1.807, 2.05) is 38.7 Å². The molecule has 1 amide bonds. The molecule has 3 heterocycles. The number of aryl methyl sites for hydroxylation is 2. The van der Waals surface area contributed by atoms with Gasteiger partial charge in [-0.1, -0.05) is 13.3 Å². The van der Waals surface area contributed by atoms with Crippen molar-refractivity contribution in [2.75, 3.05) is 19.6 Å². The summed E-state index contributed by atoms with van der Waals surface area (Å²) < 4.78 is 35.6. The van der Waals surface area contributed by atoms with Gasteiger partial charge in [-0.15, -0.1) is 0 Å². The first-order valence-corrected chi connectivity index (χ1v) is 13.1. The lowest BCUT2D eigenvalue weighted by atomic mass is 10.0. The van der Waals surface area contributed by atoms with Gasteiger partial charge < -0.3 is 9.32 Å². The average Bonchev–Trinajstić information content (AvgIpc) is 3.09. The number of benzene rings is 1. The number of likely N-dealkylation sites (tertiary alicyclic amines) is 1. The second kappa shape index (κ2) is 8.58. The van der Waals surface area contributed by atoms with Gasteiger partial charge >= 0.3 is 0 Å². The predicted octanol–water partition coefficient (Wildman–Crippen LogP) is 4.94. The van der Waals surface area contributed by atoms with Crippen LogP contribution < -0.4 is 0 Å². The van der Waals surface area contributed by atoms with E-state index in [9.17, 15) is 13.2 Å². The molecular weight excluding hydrogens is 412 g/mol. The lowest BCUT2D eigenvalue weighted by Crippen LogP contribution is -2.43. The number of fused-ring (bicyclic) bond motifs is 1. The lowest BCUT2D eigenvalue weighted by Gasteiger charge is -2.34. The number of nitrogens with zero attached hydrogens (tertiary/aromatic N) is 2. The largest absolute Gasteiger partial charge is 0.449 e. The van der Waals surface area contributed by atoms with Crippen LogP contribution in [0.4, 0.5) is 0 Å². The van der Waals surface area contributed by atoms with Crippen LogP contribution in [0.2, 0.25) is 0 Å². The molecule has 0 saturated carbocycles. The van der Waals surface area contributed by atoms with Gasteiger partial charge in [-0.25, -0.2) is 8.42 Å². The highest BCUT2D eigenvalue weighted by Gasteiger charge is 2.37. The number of piperidine rings is 2. The highest BCUT2D eigenvalue weighted by Crippen LogP contribution is 2.38. The number of amides is 1. The van der Waals surface area contributed by atoms with Gasteiger partial charge in [-0.2, -0.15) is 4.31 Å². The molecule has 2 aliphatic heterocycles. The minimum Gasteiger partial charge on any atom is -0.449 e. The van der Waals surface area contributed by atoms with Gasteiger partial charge in [0.1, 0.15) is 4.90 Å². The summed E-state index contributed by atoms with van der Waals surface area (Å²) in [6.07, 6.45) is 6.74. The molecule has 2 aliphatic rings. The molecule has 0 bridgehead atoms. The number of hydrogen-bond acceptors (Lipinski definition) is 4. The fraction of sp³-hybridized carbons (Fsp3) is 0.625. The number of hydrogen-bond donors (Lipinski definition) is 0. The van der Waals surface area contributed by atoms with Crippen molar-refractivity contribution in [3.63, 3.8) is 0 Å². The molecule has 0 spiro atoms. The van der Waals surface area contributed by atoms with Crippen molar-refractivity contribution < 1.29 is 17.6 Å². The molecule has 7 heteroatoms. The Bertz CT molecular complexity index is 1100. The molecule has 2 fully saturated rings. The summed E-state index contributed by atoms with van der Waals surface area (Å²) in [5.41, 5.74) is 2.67. The Morgan fingerprint density at radius 2 is 1.71 bits per heavy atom. The van der Waals surface area contributed by atoms with E-state index in [1.54, 1.807) is 4.31 Å². The topological polar surface area (TPSA) is 70.8 Å². The van der Waals surface area contributed by atoms with Crippen molar-refractivity contribution >= 4 is 26.9 Å². The second-order valence-corrected chi connectivity index (χ2v) is 10.9. The zero-order valence-electron chi connectivity index (χ0n) is 19.2. The molecule has 1 aromatic heterocycles. The van der Waals surface area contributed by atoms with Crippen molar-refractivity contribution in [1.29, 1.82) is 0 Å². The maximum atomic E-state index is 13.9. The monoisotopic (exact) mass is 446 g/mol. The predicted molar refractivity (Wildman–Crippen MR) is 122 cm³/mol. The molecule has 0 unspecified atom stereocenters. The minimum atomic E-state index is -3.74. The molecule has 170 valence electrons. The molecule has 1 aromatic carbocycles. The second-order valence-electron chi connectivity index (χ2n) is 9.11. The van der Waals surface area contributed by atoms with Crippen molar-refractivity contribution in [2.24, 2.45) is 0 Å². The fourth-order valence-electron chi connectivity index (χ4n) is 5.11. The highest BCUT2D eigenvalue weighted by molar-refractivity contribution is 7.89. The number of carbonyl (C=O) groups excluding carboxylic acids is 1. The van der Waals surface area contributed by atoms with Gasteiger partial charge in [0.15, 0.2) is 11.3 Å². The Hall–Kier alpha value is -1.86. The first-order chi connectivity index (χ1) is 14.8. The molecule has 2 saturated heterocycles. The number of sulfonamides is 1. The molecule has 0 aliphatic carbocycles. The third-order valence-electron chi connectivity index (χ3n) is 7.14. The number of carbonyl (C=O) groups is 1. The Balaban J connectivity index is 1.87. The van der Waals surface area contributed by atoms with Crippen LogP contribution in [-0.2, 0) is 10.0 Å². The van der Waals surface area contributed by atoms with Gasteiger partial charge in [0.2, 0.25) is 10.0 Å². The van der Waals surface area contributed by atoms with Gasteiger partial charge in [0, 0.05) is 36.6 Å². The quantitative estimate of drug-likeness (QED) is 0.667. The zero-order chi connectivity index (χ0) is 22.3. The summed E-state index contributed by atoms with van der Waals surface area (Å²) in [4.78, 5) is 15.3. The summed E-state index contributed by atoms with van der Waals surface area (Å²) in [7, 11) is -3.74. The van der Waals surface area contributed by atoms with E-state index < -0.39 is 10.0 Å². The van der Waals surface area contributed by atoms with E-state index in [0.717, 1.165) is 74.5 Å². The van der Waals surface area contributed by atoms with Crippen LogP contribution in [0.1, 0.15) is 79.1 Å². The van der Waals surface area contributed by atoms with Gasteiger partial charge in [0.05, 0.1) is 0 Å². The summed E-state index contributed by atoms with van der Waals surface area (Å²) in [5, 5.41) is 0.729. The van der Waals surface area contributed by atoms with E-state index in [1.165, 1.54) is 0 Å². The Labute approximate surface area is 185 Å². The maximum absolute atomic E-state index is 13.9. The standard InChI is InChI=1S/C24H34N2O4S/c1-5-19-11-7-10-14-26(19)31(28,29)23-17(3)16(2)15-20-18(4)21(30-22(20)23)24(27)25-12-8-6-9-13-25/h15,19H,5-14H2,1-4H3/t19-/m1/s1. The van der Waals surface area contributed by atoms with Gasteiger partial charge in [-0.05, 0) is 76.5 Å². The van der Waals surface area contributed by atoms with Crippen LogP contribution in [0.5, 0.6) is 0 Å². The third kappa shape index (κ3) is 3.80. The summed E-state index contributed by atoms with van der Waals surface area (Å²) in [6, 6.07) is 1.97. The van der Waals surface area contributed by atoms with Crippen molar-refractivity contribution in [3.05, 3.63) is 28.5 Å². The normalized spacial score (nSPS) is 21.0. The molecule has 6 nitrogen and oxygen atoms in total. The Morgan fingerprint density at radius 1 is 1.03 bits per heavy atom. The van der Waals surface area contributed by atoms with Crippen molar-refractivity contribution in [3.8, 4) is 0 Å². The fourth-order valence-corrected chi connectivity index (χ4v) is 7.30. The first kappa shape index (κ1) is 22.3. The SMILES string of the molecule is CC[C@@H]1CCCCN1S(=O)(=O)c1c(C)c(C)cc2c(C)c(C(=O)N3CCCCC3)oc12. The summed E-state index contributed by atoms with van der Waals surface area (Å²) in [6.45, 7) is 9.67. The van der Waals surface area contributed by atoms with Crippen molar-refractivity contribution in [1.82, 2.24) is 9.21 Å². The van der Waals surface area contributed by atoms with Crippen LogP contribution in [0.3, 0.4) is 0 Å². The van der Waals surface area contributed by atoms with Crippen LogP contribution in [0, 0.1) is 20.8 Å². The van der Waals surface area contributed by atoms with Gasteiger partial charge in [0.25, 0.3) is 5.91 Å². The van der Waals surface area contributed by atoms with Gasteiger partial charge in [-0.3, -0.25) is 4.79 Å². The molecule has 31 heavy (non-hydrogen) atoms. The highest BCUT2D eigenvalue weighted by atomic mass is 32.2. The van der Waals surface area contributed by atoms with Crippen LogP contribution in [0.25, 0.3) is 11.0 Å². The smallest absolute Gasteiger partial charge is 0.289 e. The molecule has 0 N–H and O–H groups in total. The van der Waals surface area contributed by atoms with E-state index in [4.69, 9.17) is 4.42 Å². The Morgan fingerprint density at radius 3 is 2.39 bits per heavy atom. The average molecular weight is 447 g/mol. The van der Waals surface area contributed by atoms with E-state index in [-0.39, 0.29) is 22.6 Å². The number of rotatable bonds is 4. The molecule has 4 rings (SSSR count). The molecule has 2 aromatic rings. The molecule has 1 atom stereocenters. The first-order valence-electron chi connectivity index (χ1n) is 11.6. The third-order valence-corrected chi connectivity index (χ3v) is 9.25. The van der Waals surface area contributed by atoms with E-state index >= 15 is 0 Å². The summed E-state index contributed by atoms with van der Waals surface area (Å²) >= 11 is 0.